The molecule has 0 saturated carbocycles. The first kappa shape index (κ1) is 97.1. The Hall–Kier alpha value is -1.94. The number of hydrogen-bond donors (Lipinski definition) is 3. The first-order valence-electron chi connectivity index (χ1n) is 41.5. The van der Waals surface area contributed by atoms with E-state index in [1.54, 1.807) is 0 Å². The number of carbonyl (C=O) groups excluding carboxylic acids is 4. The molecule has 0 aromatic heterocycles. The number of unbranched alkanes of at least 4 members (excludes halogenated alkanes) is 49. The maximum Gasteiger partial charge on any atom is 0.472 e. The van der Waals surface area contributed by atoms with Crippen LogP contribution in [0.2, 0.25) is 0 Å². The van der Waals surface area contributed by atoms with Gasteiger partial charge in [0.05, 0.1) is 26.4 Å². The van der Waals surface area contributed by atoms with Gasteiger partial charge in [-0.05, 0) is 37.5 Å². The molecule has 0 saturated heterocycles. The third-order valence-electron chi connectivity index (χ3n) is 18.7. The monoisotopic (exact) mass is 1450 g/mol. The van der Waals surface area contributed by atoms with Crippen LogP contribution in [-0.2, 0) is 65.4 Å². The number of rotatable bonds is 79. The van der Waals surface area contributed by atoms with Crippen molar-refractivity contribution < 1.29 is 80.2 Å². The molecular formula is C80H156O17P2. The van der Waals surface area contributed by atoms with Crippen molar-refractivity contribution in [1.29, 1.82) is 0 Å². The number of aliphatic hydroxyl groups excluding tert-OH is 1. The van der Waals surface area contributed by atoms with Crippen molar-refractivity contribution in [1.82, 2.24) is 0 Å². The Morgan fingerprint density at radius 1 is 0.273 bits per heavy atom. The van der Waals surface area contributed by atoms with E-state index in [0.29, 0.717) is 25.7 Å². The topological polar surface area (TPSA) is 237 Å². The predicted octanol–water partition coefficient (Wildman–Crippen LogP) is 23.9. The quantitative estimate of drug-likeness (QED) is 0.0222. The first-order chi connectivity index (χ1) is 47.9. The second kappa shape index (κ2) is 71.7. The molecule has 0 aliphatic rings. The van der Waals surface area contributed by atoms with Crippen LogP contribution in [-0.4, -0.2) is 96.7 Å². The molecule has 17 nitrogen and oxygen atoms in total. The molecule has 0 aromatic carbocycles. The fraction of sp³-hybridized carbons (Fsp3) is 0.950. The fourth-order valence-electron chi connectivity index (χ4n) is 12.4. The highest BCUT2D eigenvalue weighted by Crippen LogP contribution is 2.45. The maximum atomic E-state index is 13.1. The summed E-state index contributed by atoms with van der Waals surface area (Å²) in [6.45, 7) is 9.67. The lowest BCUT2D eigenvalue weighted by Crippen LogP contribution is -2.30. The summed E-state index contributed by atoms with van der Waals surface area (Å²) in [5.41, 5.74) is 0. The third kappa shape index (κ3) is 74.1. The van der Waals surface area contributed by atoms with Gasteiger partial charge in [0, 0.05) is 25.7 Å². The SMILES string of the molecule is CCCCCCCCCCCCCCCC(=O)O[C@H](COC(=O)CCCCCCCCCCCC)COP(=O)(O)OC[C@H](O)COP(=O)(O)OC[C@@H](COC(=O)CCCCCCCCCCCCCCC(C)C)OC(=O)CCCCCCCCCCCCCCCCCCCCC(C)C. The van der Waals surface area contributed by atoms with E-state index in [-0.39, 0.29) is 25.7 Å². The Labute approximate surface area is 607 Å². The lowest BCUT2D eigenvalue weighted by Gasteiger charge is -2.21. The molecule has 0 aromatic rings. The number of carbonyl (C=O) groups is 4. The van der Waals surface area contributed by atoms with Gasteiger partial charge in [-0.25, -0.2) is 9.13 Å². The smallest absolute Gasteiger partial charge is 0.462 e. The summed E-state index contributed by atoms with van der Waals surface area (Å²) >= 11 is 0. The van der Waals surface area contributed by atoms with Gasteiger partial charge in [0.2, 0.25) is 0 Å². The molecule has 0 spiro atoms. The van der Waals surface area contributed by atoms with Crippen LogP contribution in [0.25, 0.3) is 0 Å². The zero-order valence-electron chi connectivity index (χ0n) is 64.8. The van der Waals surface area contributed by atoms with E-state index in [0.717, 1.165) is 102 Å². The Bertz CT molecular complexity index is 1910. The number of ether oxygens (including phenoxy) is 4. The van der Waals surface area contributed by atoms with E-state index < -0.39 is 97.5 Å². The second-order valence-corrected chi connectivity index (χ2v) is 32.7. The predicted molar refractivity (Wildman–Crippen MR) is 405 cm³/mol. The van der Waals surface area contributed by atoms with Gasteiger partial charge in [0.1, 0.15) is 19.3 Å². The van der Waals surface area contributed by atoms with Gasteiger partial charge in [0.25, 0.3) is 0 Å². The van der Waals surface area contributed by atoms with Crippen molar-refractivity contribution in [2.75, 3.05) is 39.6 Å². The van der Waals surface area contributed by atoms with Crippen molar-refractivity contribution in [2.45, 2.75) is 439 Å². The summed E-state index contributed by atoms with van der Waals surface area (Å²) in [6, 6.07) is 0. The minimum absolute atomic E-state index is 0.108. The Morgan fingerprint density at radius 3 is 0.687 bits per heavy atom. The normalized spacial score (nSPS) is 13.9. The summed E-state index contributed by atoms with van der Waals surface area (Å²) < 4.78 is 68.7. The van der Waals surface area contributed by atoms with Crippen LogP contribution in [0.5, 0.6) is 0 Å². The molecule has 99 heavy (non-hydrogen) atoms. The molecule has 0 rings (SSSR count). The Kier molecular flexibility index (Phi) is 70.3. The summed E-state index contributed by atoms with van der Waals surface area (Å²) in [7, 11) is -9.92. The van der Waals surface area contributed by atoms with Gasteiger partial charge in [0.15, 0.2) is 12.2 Å². The molecule has 0 radical (unpaired) electrons. The van der Waals surface area contributed by atoms with Crippen LogP contribution in [0.4, 0.5) is 0 Å². The van der Waals surface area contributed by atoms with Gasteiger partial charge in [-0.1, -0.05) is 369 Å². The van der Waals surface area contributed by atoms with E-state index in [1.807, 2.05) is 0 Å². The number of esters is 4. The molecule has 19 heteroatoms. The number of phosphoric ester groups is 2. The fourth-order valence-corrected chi connectivity index (χ4v) is 13.9. The largest absolute Gasteiger partial charge is 0.472 e. The van der Waals surface area contributed by atoms with Crippen LogP contribution in [0, 0.1) is 11.8 Å². The summed E-state index contributed by atoms with van der Waals surface area (Å²) in [5.74, 6) is -0.507. The molecule has 3 N–H and O–H groups in total. The van der Waals surface area contributed by atoms with Gasteiger partial charge >= 0.3 is 39.5 Å². The number of hydrogen-bond acceptors (Lipinski definition) is 15. The molecular weight excluding hydrogens is 1290 g/mol. The molecule has 0 aliphatic heterocycles. The van der Waals surface area contributed by atoms with Crippen LogP contribution in [0.15, 0.2) is 0 Å². The van der Waals surface area contributed by atoms with Crippen molar-refractivity contribution in [2.24, 2.45) is 11.8 Å². The highest BCUT2D eigenvalue weighted by molar-refractivity contribution is 7.47. The van der Waals surface area contributed by atoms with Crippen LogP contribution < -0.4 is 0 Å². The average Bonchev–Trinajstić information content (AvgIpc) is 0.972. The van der Waals surface area contributed by atoms with E-state index >= 15 is 0 Å². The zero-order valence-corrected chi connectivity index (χ0v) is 66.6. The highest BCUT2D eigenvalue weighted by atomic mass is 31.2. The van der Waals surface area contributed by atoms with E-state index in [1.165, 1.54) is 238 Å². The van der Waals surface area contributed by atoms with Gasteiger partial charge < -0.3 is 33.8 Å². The van der Waals surface area contributed by atoms with Crippen LogP contribution in [0.1, 0.15) is 420 Å². The molecule has 0 fully saturated rings. The molecule has 0 aliphatic carbocycles. The number of aliphatic hydroxyl groups is 1. The van der Waals surface area contributed by atoms with Crippen molar-refractivity contribution in [3.05, 3.63) is 0 Å². The molecule has 0 amide bonds. The van der Waals surface area contributed by atoms with Crippen LogP contribution in [0.3, 0.4) is 0 Å². The Balaban J connectivity index is 5.21. The second-order valence-electron chi connectivity index (χ2n) is 29.8. The summed E-state index contributed by atoms with van der Waals surface area (Å²) in [5, 5.41) is 10.6. The van der Waals surface area contributed by atoms with Gasteiger partial charge in [-0.3, -0.25) is 37.3 Å². The first-order valence-corrected chi connectivity index (χ1v) is 44.5. The zero-order chi connectivity index (χ0) is 72.8. The van der Waals surface area contributed by atoms with Crippen molar-refractivity contribution >= 4 is 39.5 Å². The van der Waals surface area contributed by atoms with Gasteiger partial charge in [-0.15, -0.1) is 0 Å². The minimum atomic E-state index is -4.96. The highest BCUT2D eigenvalue weighted by Gasteiger charge is 2.30. The molecule has 2 unspecified atom stereocenters. The molecule has 0 heterocycles. The average molecular weight is 1450 g/mol. The Morgan fingerprint density at radius 2 is 0.465 bits per heavy atom. The molecule has 5 atom stereocenters. The third-order valence-corrected chi connectivity index (χ3v) is 20.6. The molecule has 588 valence electrons. The standard InChI is InChI=1S/C80H156O17P2/c1-7-9-11-13-15-17-19-26-34-40-46-52-58-64-79(84)96-75(68-90-77(82)62-56-50-44-38-18-16-14-12-10-8-2)70-94-98(86,87)92-66-74(81)67-93-99(88,89)95-71-76(69-91-78(83)63-57-51-45-39-33-30-29-32-37-43-49-55-61-73(5)6)97-80(85)65-59-53-47-41-35-28-25-23-21-20-22-24-27-31-36-42-48-54-60-72(3)4/h72-76,81H,7-71H2,1-6H3,(H,86,87)(H,88,89)/t74-,75+,76+/m0/s1. The van der Waals surface area contributed by atoms with Crippen molar-refractivity contribution in [3.8, 4) is 0 Å². The van der Waals surface area contributed by atoms with E-state index in [2.05, 4.69) is 41.5 Å². The van der Waals surface area contributed by atoms with E-state index in [9.17, 15) is 43.2 Å². The number of phosphoric acid groups is 2. The maximum absolute atomic E-state index is 13.1. The van der Waals surface area contributed by atoms with Crippen molar-refractivity contribution in [3.63, 3.8) is 0 Å². The summed E-state index contributed by atoms with van der Waals surface area (Å²) in [6.07, 6.45) is 61.0. The minimum Gasteiger partial charge on any atom is -0.462 e. The lowest BCUT2D eigenvalue weighted by molar-refractivity contribution is -0.161. The summed E-state index contributed by atoms with van der Waals surface area (Å²) in [4.78, 5) is 72.9. The molecule has 0 bridgehead atoms. The van der Waals surface area contributed by atoms with Crippen LogP contribution >= 0.6 is 15.6 Å². The lowest BCUT2D eigenvalue weighted by atomic mass is 10.0. The van der Waals surface area contributed by atoms with E-state index in [4.69, 9.17) is 37.0 Å². The van der Waals surface area contributed by atoms with Gasteiger partial charge in [-0.2, -0.15) is 0 Å².